The lowest BCUT2D eigenvalue weighted by atomic mass is 9.65. The van der Waals surface area contributed by atoms with Crippen LogP contribution in [-0.4, -0.2) is 6.18 Å². The summed E-state index contributed by atoms with van der Waals surface area (Å²) in [5.74, 6) is 2.09. The second-order valence-electron chi connectivity index (χ2n) is 6.92. The lowest BCUT2D eigenvalue weighted by Gasteiger charge is -2.42. The molecule has 2 saturated carbocycles. The third kappa shape index (κ3) is 2.85. The molecule has 2 rings (SSSR count). The van der Waals surface area contributed by atoms with E-state index in [0.29, 0.717) is 24.7 Å². The predicted molar refractivity (Wildman–Crippen MR) is 67.2 cm³/mol. The molecule has 2 aliphatic carbocycles. The van der Waals surface area contributed by atoms with Crippen molar-refractivity contribution in [2.75, 3.05) is 0 Å². The summed E-state index contributed by atoms with van der Waals surface area (Å²) in [7, 11) is 0. The van der Waals surface area contributed by atoms with Crippen LogP contribution in [0.3, 0.4) is 0 Å². The van der Waals surface area contributed by atoms with E-state index in [2.05, 4.69) is 6.92 Å². The fraction of sp³-hybridized carbons (Fsp3) is 1.00. The molecular formula is C15H25F3. The Hall–Kier alpha value is -0.210. The highest BCUT2D eigenvalue weighted by Gasteiger charge is 2.52. The van der Waals surface area contributed by atoms with Gasteiger partial charge in [-0.3, -0.25) is 0 Å². The second-order valence-corrected chi connectivity index (χ2v) is 6.92. The average Bonchev–Trinajstić information content (AvgIpc) is 2.30. The highest BCUT2D eigenvalue weighted by molar-refractivity contribution is 4.90. The number of hydrogen-bond acceptors (Lipinski definition) is 0. The van der Waals surface area contributed by atoms with Gasteiger partial charge in [-0.1, -0.05) is 26.7 Å². The Morgan fingerprint density at radius 2 is 1.28 bits per heavy atom. The summed E-state index contributed by atoms with van der Waals surface area (Å²) >= 11 is 0. The van der Waals surface area contributed by atoms with E-state index in [1.807, 2.05) is 0 Å². The van der Waals surface area contributed by atoms with Gasteiger partial charge >= 0.3 is 6.18 Å². The molecule has 0 aromatic rings. The normalized spacial score (nSPS) is 42.8. The first-order valence-electron chi connectivity index (χ1n) is 7.38. The molecule has 0 unspecified atom stereocenters. The molecule has 18 heavy (non-hydrogen) atoms. The van der Waals surface area contributed by atoms with Gasteiger partial charge in [-0.25, -0.2) is 0 Å². The summed E-state index contributed by atoms with van der Waals surface area (Å²) in [5, 5.41) is 0. The first kappa shape index (κ1) is 14.2. The highest BCUT2D eigenvalue weighted by atomic mass is 19.4. The van der Waals surface area contributed by atoms with Gasteiger partial charge in [0.05, 0.1) is 5.41 Å². The van der Waals surface area contributed by atoms with Gasteiger partial charge in [0.2, 0.25) is 0 Å². The molecule has 0 spiro atoms. The Bertz CT molecular complexity index is 266. The maximum absolute atomic E-state index is 12.9. The molecule has 0 aromatic heterocycles. The van der Waals surface area contributed by atoms with Crippen LogP contribution < -0.4 is 0 Å². The van der Waals surface area contributed by atoms with Crippen LogP contribution in [-0.2, 0) is 0 Å². The van der Waals surface area contributed by atoms with Crippen LogP contribution in [0.1, 0.15) is 65.2 Å². The molecule has 0 N–H and O–H groups in total. The maximum atomic E-state index is 12.9. The lowest BCUT2D eigenvalue weighted by Crippen LogP contribution is -2.40. The van der Waals surface area contributed by atoms with Crippen molar-refractivity contribution in [1.29, 1.82) is 0 Å². The molecule has 0 heterocycles. The largest absolute Gasteiger partial charge is 0.394 e. The Balaban J connectivity index is 1.87. The zero-order chi connectivity index (χ0) is 13.4. The van der Waals surface area contributed by atoms with Gasteiger partial charge in [0.15, 0.2) is 0 Å². The second kappa shape index (κ2) is 5.05. The lowest BCUT2D eigenvalue weighted by molar-refractivity contribution is -0.231. The van der Waals surface area contributed by atoms with Crippen molar-refractivity contribution in [3.63, 3.8) is 0 Å². The van der Waals surface area contributed by atoms with E-state index in [1.165, 1.54) is 32.6 Å². The van der Waals surface area contributed by atoms with Gasteiger partial charge in [0.1, 0.15) is 0 Å². The molecular weight excluding hydrogens is 237 g/mol. The summed E-state index contributed by atoms with van der Waals surface area (Å²) in [6.45, 7) is 3.70. The number of alkyl halides is 3. The van der Waals surface area contributed by atoms with Crippen molar-refractivity contribution in [3.05, 3.63) is 0 Å². The van der Waals surface area contributed by atoms with Gasteiger partial charge in [-0.2, -0.15) is 13.2 Å². The van der Waals surface area contributed by atoms with Crippen molar-refractivity contribution in [2.24, 2.45) is 23.2 Å². The molecule has 2 aliphatic rings. The maximum Gasteiger partial charge on any atom is 0.394 e. The van der Waals surface area contributed by atoms with E-state index in [1.54, 1.807) is 0 Å². The van der Waals surface area contributed by atoms with Gasteiger partial charge in [-0.15, -0.1) is 0 Å². The zero-order valence-electron chi connectivity index (χ0n) is 11.5. The minimum absolute atomic E-state index is 0.340. The van der Waals surface area contributed by atoms with Crippen molar-refractivity contribution in [3.8, 4) is 0 Å². The van der Waals surface area contributed by atoms with E-state index in [9.17, 15) is 13.2 Å². The molecule has 0 atom stereocenters. The van der Waals surface area contributed by atoms with Crippen LogP contribution in [0.15, 0.2) is 0 Å². The SMILES string of the molecule is CC1CCC(C2CCC(C)(C(F)(F)F)CC2)CC1. The van der Waals surface area contributed by atoms with E-state index in [4.69, 9.17) is 0 Å². The van der Waals surface area contributed by atoms with Crippen molar-refractivity contribution in [1.82, 2.24) is 0 Å². The standard InChI is InChI=1S/C15H25F3/c1-11-3-5-12(6-4-11)13-7-9-14(2,10-8-13)15(16,17)18/h11-13H,3-10H2,1-2H3. The molecule has 0 radical (unpaired) electrons. The first-order valence-corrected chi connectivity index (χ1v) is 7.38. The molecule has 0 nitrogen and oxygen atoms in total. The fourth-order valence-corrected chi connectivity index (χ4v) is 3.79. The van der Waals surface area contributed by atoms with Crippen LogP contribution in [0.2, 0.25) is 0 Å². The monoisotopic (exact) mass is 262 g/mol. The van der Waals surface area contributed by atoms with E-state index < -0.39 is 11.6 Å². The molecule has 0 bridgehead atoms. The number of rotatable bonds is 1. The zero-order valence-corrected chi connectivity index (χ0v) is 11.5. The number of halogens is 3. The van der Waals surface area contributed by atoms with Crippen molar-refractivity contribution < 1.29 is 13.2 Å². The van der Waals surface area contributed by atoms with Gasteiger partial charge in [0, 0.05) is 0 Å². The summed E-state index contributed by atoms with van der Waals surface area (Å²) in [6, 6.07) is 0. The third-order valence-electron chi connectivity index (χ3n) is 5.55. The highest BCUT2D eigenvalue weighted by Crippen LogP contribution is 2.52. The average molecular weight is 262 g/mol. The summed E-state index contributed by atoms with van der Waals surface area (Å²) in [4.78, 5) is 0. The molecule has 3 heteroatoms. The molecule has 0 aliphatic heterocycles. The van der Waals surface area contributed by atoms with Gasteiger partial charge in [-0.05, 0) is 56.3 Å². The fourth-order valence-electron chi connectivity index (χ4n) is 3.79. The Kier molecular flexibility index (Phi) is 3.99. The molecule has 106 valence electrons. The van der Waals surface area contributed by atoms with E-state index in [-0.39, 0.29) is 0 Å². The molecule has 2 fully saturated rings. The summed E-state index contributed by atoms with van der Waals surface area (Å²) in [6.07, 6.45) is 3.28. The van der Waals surface area contributed by atoms with Crippen LogP contribution in [0.5, 0.6) is 0 Å². The van der Waals surface area contributed by atoms with E-state index >= 15 is 0 Å². The minimum Gasteiger partial charge on any atom is -0.171 e. The summed E-state index contributed by atoms with van der Waals surface area (Å²) < 4.78 is 38.8. The first-order chi connectivity index (χ1) is 8.32. The van der Waals surface area contributed by atoms with Gasteiger partial charge < -0.3 is 0 Å². The van der Waals surface area contributed by atoms with Crippen LogP contribution in [0.25, 0.3) is 0 Å². The van der Waals surface area contributed by atoms with Gasteiger partial charge in [0.25, 0.3) is 0 Å². The van der Waals surface area contributed by atoms with Crippen LogP contribution in [0, 0.1) is 23.2 Å². The smallest absolute Gasteiger partial charge is 0.171 e. The van der Waals surface area contributed by atoms with Crippen molar-refractivity contribution >= 4 is 0 Å². The van der Waals surface area contributed by atoms with Crippen molar-refractivity contribution in [2.45, 2.75) is 71.4 Å². The molecule has 0 saturated heterocycles. The van der Waals surface area contributed by atoms with E-state index in [0.717, 1.165) is 18.8 Å². The van der Waals surface area contributed by atoms with Crippen LogP contribution in [0.4, 0.5) is 13.2 Å². The quantitative estimate of drug-likeness (QED) is 0.579. The van der Waals surface area contributed by atoms with Crippen LogP contribution >= 0.6 is 0 Å². The topological polar surface area (TPSA) is 0 Å². The third-order valence-corrected chi connectivity index (χ3v) is 5.55. The Morgan fingerprint density at radius 3 is 1.72 bits per heavy atom. The minimum atomic E-state index is -4.01. The Morgan fingerprint density at radius 1 is 0.833 bits per heavy atom. The Labute approximate surface area is 108 Å². The number of hydrogen-bond donors (Lipinski definition) is 0. The predicted octanol–water partition coefficient (Wildman–Crippen LogP) is 5.57. The molecule has 0 aromatic carbocycles. The summed E-state index contributed by atoms with van der Waals surface area (Å²) in [5.41, 5.74) is -1.41. The molecule has 0 amide bonds.